The van der Waals surface area contributed by atoms with Gasteiger partial charge in [-0.2, -0.15) is 0 Å². The molecule has 31 heavy (non-hydrogen) atoms. The Balaban J connectivity index is 1.64. The van der Waals surface area contributed by atoms with Crippen molar-refractivity contribution in [3.8, 4) is 0 Å². The first kappa shape index (κ1) is 22.0. The van der Waals surface area contributed by atoms with Crippen molar-refractivity contribution in [3.63, 3.8) is 0 Å². The average Bonchev–Trinajstić information content (AvgIpc) is 2.74. The average molecular weight is 458 g/mol. The number of sulfonamides is 1. The van der Waals surface area contributed by atoms with Crippen molar-refractivity contribution < 1.29 is 18.1 Å². The molecule has 0 aliphatic heterocycles. The second-order valence-electron chi connectivity index (χ2n) is 6.31. The van der Waals surface area contributed by atoms with Crippen molar-refractivity contribution in [1.82, 2.24) is 0 Å². The van der Waals surface area contributed by atoms with Gasteiger partial charge >= 0.3 is 0 Å². The maximum atomic E-state index is 12.5. The molecule has 8 nitrogen and oxygen atoms in total. The molecule has 0 radical (unpaired) electrons. The molecule has 158 valence electrons. The van der Waals surface area contributed by atoms with Gasteiger partial charge in [0.15, 0.2) is 0 Å². The number of nitro benzene ring substituents is 1. The Labute approximate surface area is 183 Å². The molecule has 0 aromatic heterocycles. The minimum Gasteiger partial charge on any atom is -0.323 e. The molecular formula is C21H16ClN3O5S. The summed E-state index contributed by atoms with van der Waals surface area (Å²) in [6.45, 7) is 0. The molecule has 0 saturated carbocycles. The predicted molar refractivity (Wildman–Crippen MR) is 119 cm³/mol. The molecule has 0 fully saturated rings. The Hall–Kier alpha value is -3.69. The summed E-state index contributed by atoms with van der Waals surface area (Å²) in [7, 11) is -3.80. The van der Waals surface area contributed by atoms with Gasteiger partial charge in [0.2, 0.25) is 5.91 Å². The number of benzene rings is 3. The molecule has 0 unspecified atom stereocenters. The zero-order valence-corrected chi connectivity index (χ0v) is 17.4. The lowest BCUT2D eigenvalue weighted by atomic mass is 10.2. The van der Waals surface area contributed by atoms with Crippen LogP contribution in [0.1, 0.15) is 5.56 Å². The fourth-order valence-corrected chi connectivity index (χ4v) is 3.73. The maximum absolute atomic E-state index is 12.5. The van der Waals surface area contributed by atoms with E-state index in [2.05, 4.69) is 10.0 Å². The number of nitro groups is 1. The summed E-state index contributed by atoms with van der Waals surface area (Å²) >= 11 is 5.79. The topological polar surface area (TPSA) is 118 Å². The van der Waals surface area contributed by atoms with Gasteiger partial charge in [0, 0.05) is 34.6 Å². The molecule has 0 saturated heterocycles. The molecule has 3 aromatic rings. The van der Waals surface area contributed by atoms with Gasteiger partial charge in [-0.3, -0.25) is 19.6 Å². The number of rotatable bonds is 7. The van der Waals surface area contributed by atoms with E-state index < -0.39 is 20.9 Å². The number of halogens is 1. The van der Waals surface area contributed by atoms with Gasteiger partial charge in [-0.1, -0.05) is 23.7 Å². The van der Waals surface area contributed by atoms with Gasteiger partial charge in [-0.25, -0.2) is 8.42 Å². The number of amides is 1. The summed E-state index contributed by atoms with van der Waals surface area (Å²) in [5.74, 6) is -0.471. The summed E-state index contributed by atoms with van der Waals surface area (Å²) in [6, 6.07) is 17.7. The van der Waals surface area contributed by atoms with Crippen LogP contribution in [0.3, 0.4) is 0 Å². The van der Waals surface area contributed by atoms with Crippen LogP contribution in [0, 0.1) is 10.1 Å². The Morgan fingerprint density at radius 3 is 2.26 bits per heavy atom. The van der Waals surface area contributed by atoms with Crippen LogP contribution in [-0.2, 0) is 14.8 Å². The van der Waals surface area contributed by atoms with E-state index in [4.69, 9.17) is 11.6 Å². The molecule has 3 aromatic carbocycles. The van der Waals surface area contributed by atoms with E-state index in [1.54, 1.807) is 30.3 Å². The Morgan fingerprint density at radius 1 is 0.968 bits per heavy atom. The molecule has 2 N–H and O–H groups in total. The van der Waals surface area contributed by atoms with Crippen molar-refractivity contribution in [3.05, 3.63) is 99.6 Å². The molecule has 0 bridgehead atoms. The molecule has 3 rings (SSSR count). The normalized spacial score (nSPS) is 11.3. The first-order valence-corrected chi connectivity index (χ1v) is 10.7. The number of carbonyl (C=O) groups excluding carboxylic acids is 1. The van der Waals surface area contributed by atoms with Crippen molar-refractivity contribution in [2.45, 2.75) is 4.90 Å². The van der Waals surface area contributed by atoms with Crippen LogP contribution in [0.2, 0.25) is 5.02 Å². The highest BCUT2D eigenvalue weighted by molar-refractivity contribution is 7.92. The van der Waals surface area contributed by atoms with Crippen LogP contribution >= 0.6 is 11.6 Å². The van der Waals surface area contributed by atoms with Gasteiger partial charge in [-0.15, -0.1) is 0 Å². The fraction of sp³-hybridized carbons (Fsp3) is 0. The summed E-state index contributed by atoms with van der Waals surface area (Å²) in [5, 5.41) is 13.9. The van der Waals surface area contributed by atoms with Crippen molar-refractivity contribution in [2.75, 3.05) is 10.0 Å². The first-order valence-electron chi connectivity index (χ1n) is 8.85. The number of hydrogen-bond acceptors (Lipinski definition) is 5. The Kier molecular flexibility index (Phi) is 6.68. The van der Waals surface area contributed by atoms with E-state index in [1.807, 2.05) is 0 Å². The largest absolute Gasteiger partial charge is 0.323 e. The van der Waals surface area contributed by atoms with Gasteiger partial charge in [0.05, 0.1) is 9.82 Å². The third-order valence-corrected chi connectivity index (χ3v) is 5.69. The molecule has 0 spiro atoms. The highest BCUT2D eigenvalue weighted by atomic mass is 35.5. The van der Waals surface area contributed by atoms with Crippen molar-refractivity contribution >= 4 is 50.7 Å². The van der Waals surface area contributed by atoms with Gasteiger partial charge in [0.25, 0.3) is 15.7 Å². The van der Waals surface area contributed by atoms with Crippen LogP contribution in [-0.4, -0.2) is 19.2 Å². The number of carbonyl (C=O) groups is 1. The van der Waals surface area contributed by atoms with E-state index in [9.17, 15) is 23.3 Å². The molecule has 0 aliphatic rings. The van der Waals surface area contributed by atoms with E-state index in [1.165, 1.54) is 54.6 Å². The second-order valence-corrected chi connectivity index (χ2v) is 8.43. The van der Waals surface area contributed by atoms with Crippen LogP contribution < -0.4 is 10.0 Å². The molecule has 10 heteroatoms. The fourth-order valence-electron chi connectivity index (χ4n) is 2.55. The standard InChI is InChI=1S/C21H16ClN3O5S/c22-16-5-7-18(8-6-16)24-31(29,30)20-11-9-17(10-12-20)23-21(26)13-4-15-2-1-3-19(14-15)25(27)28/h1-14,24H,(H,23,26)/b13-4+. The van der Waals surface area contributed by atoms with E-state index in [0.29, 0.717) is 22.0 Å². The number of nitrogens with one attached hydrogen (secondary N) is 2. The van der Waals surface area contributed by atoms with Gasteiger partial charge in [-0.05, 0) is 60.2 Å². The number of nitrogens with zero attached hydrogens (tertiary/aromatic N) is 1. The van der Waals surface area contributed by atoms with E-state index >= 15 is 0 Å². The lowest BCUT2D eigenvalue weighted by Gasteiger charge is -2.09. The lowest BCUT2D eigenvalue weighted by Crippen LogP contribution is -2.13. The smallest absolute Gasteiger partial charge is 0.270 e. The highest BCUT2D eigenvalue weighted by Crippen LogP contribution is 2.20. The molecule has 1 amide bonds. The number of anilines is 2. The zero-order chi connectivity index (χ0) is 22.4. The maximum Gasteiger partial charge on any atom is 0.270 e. The van der Waals surface area contributed by atoms with Gasteiger partial charge < -0.3 is 5.32 Å². The highest BCUT2D eigenvalue weighted by Gasteiger charge is 2.14. The van der Waals surface area contributed by atoms with Crippen molar-refractivity contribution in [2.24, 2.45) is 0 Å². The van der Waals surface area contributed by atoms with Crippen molar-refractivity contribution in [1.29, 1.82) is 0 Å². The second kappa shape index (κ2) is 9.41. The minimum atomic E-state index is -3.80. The van der Waals surface area contributed by atoms with E-state index in [0.717, 1.165) is 0 Å². The lowest BCUT2D eigenvalue weighted by molar-refractivity contribution is -0.384. The summed E-state index contributed by atoms with van der Waals surface area (Å²) in [5.41, 5.74) is 1.18. The summed E-state index contributed by atoms with van der Waals surface area (Å²) < 4.78 is 27.4. The SMILES string of the molecule is O=C(/C=C/c1cccc([N+](=O)[O-])c1)Nc1ccc(S(=O)(=O)Nc2ccc(Cl)cc2)cc1. The summed E-state index contributed by atoms with van der Waals surface area (Å²) in [4.78, 5) is 22.4. The third-order valence-electron chi connectivity index (χ3n) is 4.04. The van der Waals surface area contributed by atoms with Crippen LogP contribution in [0.15, 0.2) is 83.8 Å². The number of hydrogen-bond donors (Lipinski definition) is 2. The Bertz CT molecular complexity index is 1240. The molecular weight excluding hydrogens is 442 g/mol. The molecule has 0 aliphatic carbocycles. The van der Waals surface area contributed by atoms with Gasteiger partial charge in [0.1, 0.15) is 0 Å². The monoisotopic (exact) mass is 457 g/mol. The molecule has 0 heterocycles. The minimum absolute atomic E-state index is 0.0209. The third kappa shape index (κ3) is 6.14. The summed E-state index contributed by atoms with van der Waals surface area (Å²) in [6.07, 6.45) is 2.67. The quantitative estimate of drug-likeness (QED) is 0.303. The Morgan fingerprint density at radius 2 is 1.61 bits per heavy atom. The number of non-ortho nitro benzene ring substituents is 1. The van der Waals surface area contributed by atoms with E-state index in [-0.39, 0.29) is 10.6 Å². The first-order chi connectivity index (χ1) is 14.7. The van der Waals surface area contributed by atoms with Crippen LogP contribution in [0.5, 0.6) is 0 Å². The van der Waals surface area contributed by atoms with Crippen LogP contribution in [0.4, 0.5) is 17.1 Å². The zero-order valence-electron chi connectivity index (χ0n) is 15.9. The predicted octanol–water partition coefficient (Wildman–Crippen LogP) is 4.70. The van der Waals surface area contributed by atoms with Crippen LogP contribution in [0.25, 0.3) is 6.08 Å². The molecule has 0 atom stereocenters.